The molecule has 0 bridgehead atoms. The fourth-order valence-electron chi connectivity index (χ4n) is 0.825. The second-order valence-electron chi connectivity index (χ2n) is 3.05. The van der Waals surface area contributed by atoms with Crippen LogP contribution in [0.5, 0.6) is 0 Å². The Hall–Kier alpha value is -1.03. The van der Waals surface area contributed by atoms with Crippen molar-refractivity contribution in [2.45, 2.75) is 33.6 Å². The van der Waals surface area contributed by atoms with Gasteiger partial charge in [0.15, 0.2) is 0 Å². The van der Waals surface area contributed by atoms with Crippen LogP contribution in [0.2, 0.25) is 0 Å². The summed E-state index contributed by atoms with van der Waals surface area (Å²) in [7, 11) is 0. The maximum Gasteiger partial charge on any atom is 0.139 e. The highest BCUT2D eigenvalue weighted by atomic mass is 16.5. The van der Waals surface area contributed by atoms with Crippen LogP contribution >= 0.6 is 0 Å². The average Bonchev–Trinajstić information content (AvgIpc) is 2.28. The molecule has 0 amide bonds. The topological polar surface area (TPSA) is 53.1 Å². The standard InChI is InChI=1S/C8H15N3O/c1-6(2)12-5-11-4-8(9)7(3)10-11/h4,6H,5,9H2,1-3H3. The van der Waals surface area contributed by atoms with Crippen molar-refractivity contribution in [1.82, 2.24) is 9.78 Å². The lowest BCUT2D eigenvalue weighted by molar-refractivity contribution is 0.0219. The number of aryl methyl sites for hydroxylation is 1. The molecule has 0 saturated heterocycles. The first-order valence-electron chi connectivity index (χ1n) is 4.00. The van der Waals surface area contributed by atoms with E-state index in [1.165, 1.54) is 0 Å². The molecular weight excluding hydrogens is 154 g/mol. The maximum atomic E-state index is 5.61. The number of rotatable bonds is 3. The molecule has 1 heterocycles. The predicted molar refractivity (Wildman–Crippen MR) is 47.6 cm³/mol. The predicted octanol–water partition coefficient (Wildman–Crippen LogP) is 1.16. The molecule has 0 aliphatic rings. The first kappa shape index (κ1) is 9.06. The Morgan fingerprint density at radius 1 is 1.67 bits per heavy atom. The molecular formula is C8H15N3O. The summed E-state index contributed by atoms with van der Waals surface area (Å²) in [6.07, 6.45) is 1.99. The van der Waals surface area contributed by atoms with Crippen LogP contribution < -0.4 is 5.73 Å². The molecule has 4 nitrogen and oxygen atoms in total. The summed E-state index contributed by atoms with van der Waals surface area (Å²) in [5.41, 5.74) is 7.17. The van der Waals surface area contributed by atoms with Crippen LogP contribution in [-0.2, 0) is 11.5 Å². The van der Waals surface area contributed by atoms with Crippen molar-refractivity contribution >= 4 is 5.69 Å². The molecule has 1 aromatic heterocycles. The highest BCUT2D eigenvalue weighted by Gasteiger charge is 2.00. The number of nitrogens with zero attached hydrogens (tertiary/aromatic N) is 2. The zero-order chi connectivity index (χ0) is 9.14. The van der Waals surface area contributed by atoms with Gasteiger partial charge in [0, 0.05) is 0 Å². The number of aromatic nitrogens is 2. The van der Waals surface area contributed by atoms with Crippen molar-refractivity contribution in [2.24, 2.45) is 0 Å². The monoisotopic (exact) mass is 169 g/mol. The SMILES string of the molecule is Cc1nn(COC(C)C)cc1N. The number of hydrogen-bond donors (Lipinski definition) is 1. The second-order valence-corrected chi connectivity index (χ2v) is 3.05. The summed E-state index contributed by atoms with van der Waals surface area (Å²) in [6, 6.07) is 0. The maximum absolute atomic E-state index is 5.61. The lowest BCUT2D eigenvalue weighted by Gasteiger charge is -2.06. The molecule has 12 heavy (non-hydrogen) atoms. The molecule has 0 aromatic carbocycles. The van der Waals surface area contributed by atoms with E-state index in [1.807, 2.05) is 20.8 Å². The third kappa shape index (κ3) is 2.23. The molecule has 0 radical (unpaired) electrons. The van der Waals surface area contributed by atoms with E-state index in [0.717, 1.165) is 5.69 Å². The first-order chi connectivity index (χ1) is 5.59. The molecule has 0 fully saturated rings. The van der Waals surface area contributed by atoms with Gasteiger partial charge in [-0.2, -0.15) is 5.10 Å². The Balaban J connectivity index is 2.53. The fraction of sp³-hybridized carbons (Fsp3) is 0.625. The fourth-order valence-corrected chi connectivity index (χ4v) is 0.825. The van der Waals surface area contributed by atoms with Gasteiger partial charge in [-0.15, -0.1) is 0 Å². The van der Waals surface area contributed by atoms with Gasteiger partial charge >= 0.3 is 0 Å². The van der Waals surface area contributed by atoms with Gasteiger partial charge in [0.1, 0.15) is 6.73 Å². The van der Waals surface area contributed by atoms with Gasteiger partial charge in [-0.1, -0.05) is 0 Å². The quantitative estimate of drug-likeness (QED) is 0.738. The molecule has 2 N–H and O–H groups in total. The molecule has 0 atom stereocenters. The van der Waals surface area contributed by atoms with Crippen LogP contribution in [0.1, 0.15) is 19.5 Å². The van der Waals surface area contributed by atoms with E-state index in [-0.39, 0.29) is 6.10 Å². The van der Waals surface area contributed by atoms with Gasteiger partial charge in [0.2, 0.25) is 0 Å². The lowest BCUT2D eigenvalue weighted by atomic mass is 10.4. The third-order valence-electron chi connectivity index (χ3n) is 1.52. The molecule has 0 aliphatic heterocycles. The zero-order valence-corrected chi connectivity index (χ0v) is 7.74. The summed E-state index contributed by atoms with van der Waals surface area (Å²) >= 11 is 0. The van der Waals surface area contributed by atoms with Crippen molar-refractivity contribution in [3.63, 3.8) is 0 Å². The van der Waals surface area contributed by atoms with Gasteiger partial charge < -0.3 is 10.5 Å². The summed E-state index contributed by atoms with van der Waals surface area (Å²) in [4.78, 5) is 0. The lowest BCUT2D eigenvalue weighted by Crippen LogP contribution is -2.08. The van der Waals surface area contributed by atoms with Crippen molar-refractivity contribution < 1.29 is 4.74 Å². The second kappa shape index (κ2) is 3.58. The Bertz CT molecular complexity index is 235. The minimum Gasteiger partial charge on any atom is -0.396 e. The van der Waals surface area contributed by atoms with E-state index < -0.39 is 0 Å². The number of hydrogen-bond acceptors (Lipinski definition) is 3. The molecule has 1 aromatic rings. The number of nitrogen functional groups attached to an aromatic ring is 1. The van der Waals surface area contributed by atoms with Gasteiger partial charge in [0.25, 0.3) is 0 Å². The van der Waals surface area contributed by atoms with Crippen LogP contribution in [0, 0.1) is 6.92 Å². The van der Waals surface area contributed by atoms with Crippen LogP contribution in [0.15, 0.2) is 6.20 Å². The molecule has 1 rings (SSSR count). The Labute approximate surface area is 72.3 Å². The average molecular weight is 169 g/mol. The van der Waals surface area contributed by atoms with Crippen molar-refractivity contribution in [2.75, 3.05) is 5.73 Å². The van der Waals surface area contributed by atoms with Crippen molar-refractivity contribution in [3.8, 4) is 0 Å². The van der Waals surface area contributed by atoms with Crippen LogP contribution in [0.25, 0.3) is 0 Å². The van der Waals surface area contributed by atoms with Gasteiger partial charge in [-0.3, -0.25) is 0 Å². The van der Waals surface area contributed by atoms with Gasteiger partial charge in [-0.05, 0) is 20.8 Å². The largest absolute Gasteiger partial charge is 0.396 e. The number of ether oxygens (including phenoxy) is 1. The minimum atomic E-state index is 0.218. The third-order valence-corrected chi connectivity index (χ3v) is 1.52. The van der Waals surface area contributed by atoms with Gasteiger partial charge in [-0.25, -0.2) is 4.68 Å². The Morgan fingerprint density at radius 3 is 2.75 bits per heavy atom. The molecule has 0 saturated carbocycles. The van der Waals surface area contributed by atoms with E-state index in [9.17, 15) is 0 Å². The Kier molecular flexibility index (Phi) is 2.70. The Morgan fingerprint density at radius 2 is 2.33 bits per heavy atom. The van der Waals surface area contributed by atoms with Gasteiger partial charge in [0.05, 0.1) is 23.7 Å². The van der Waals surface area contributed by atoms with Crippen molar-refractivity contribution in [3.05, 3.63) is 11.9 Å². The van der Waals surface area contributed by atoms with E-state index in [4.69, 9.17) is 10.5 Å². The summed E-state index contributed by atoms with van der Waals surface area (Å²) in [5, 5.41) is 4.15. The number of anilines is 1. The normalized spacial score (nSPS) is 11.0. The molecule has 4 heteroatoms. The van der Waals surface area contributed by atoms with E-state index >= 15 is 0 Å². The molecule has 0 spiro atoms. The zero-order valence-electron chi connectivity index (χ0n) is 7.74. The molecule has 0 unspecified atom stereocenters. The molecule has 0 aliphatic carbocycles. The highest BCUT2D eigenvalue weighted by Crippen LogP contribution is 2.06. The molecule has 68 valence electrons. The number of nitrogens with two attached hydrogens (primary N) is 1. The highest BCUT2D eigenvalue weighted by molar-refractivity contribution is 5.39. The van der Waals surface area contributed by atoms with Crippen molar-refractivity contribution in [1.29, 1.82) is 0 Å². The van der Waals surface area contributed by atoms with Crippen LogP contribution in [0.3, 0.4) is 0 Å². The van der Waals surface area contributed by atoms with Crippen LogP contribution in [-0.4, -0.2) is 15.9 Å². The van der Waals surface area contributed by atoms with E-state index in [0.29, 0.717) is 12.4 Å². The summed E-state index contributed by atoms with van der Waals surface area (Å²) in [6.45, 7) is 6.32. The van der Waals surface area contributed by atoms with E-state index in [1.54, 1.807) is 10.9 Å². The summed E-state index contributed by atoms with van der Waals surface area (Å²) < 4.78 is 7.04. The smallest absolute Gasteiger partial charge is 0.139 e. The first-order valence-corrected chi connectivity index (χ1v) is 4.00. The minimum absolute atomic E-state index is 0.218. The van der Waals surface area contributed by atoms with Crippen LogP contribution in [0.4, 0.5) is 5.69 Å². The van der Waals surface area contributed by atoms with E-state index in [2.05, 4.69) is 5.10 Å². The summed E-state index contributed by atoms with van der Waals surface area (Å²) in [5.74, 6) is 0.